The van der Waals surface area contributed by atoms with E-state index in [-0.39, 0.29) is 0 Å². The highest BCUT2D eigenvalue weighted by Gasteiger charge is 2.30. The summed E-state index contributed by atoms with van der Waals surface area (Å²) in [5.74, 6) is 0. The summed E-state index contributed by atoms with van der Waals surface area (Å²) in [6.07, 6.45) is 3.92. The average molecular weight is 219 g/mol. The van der Waals surface area contributed by atoms with Gasteiger partial charge in [-0.1, -0.05) is 6.08 Å². The van der Waals surface area contributed by atoms with Crippen molar-refractivity contribution in [2.75, 3.05) is 19.8 Å². The molecule has 0 unspecified atom stereocenters. The van der Waals surface area contributed by atoms with Crippen molar-refractivity contribution in [3.05, 3.63) is 11.5 Å². The largest absolute Gasteiger partial charge is 0.379 e. The van der Waals surface area contributed by atoms with Gasteiger partial charge in [-0.15, -0.1) is 0 Å². The Hall–Kier alpha value is -0.310. The Morgan fingerprint density at radius 3 is 2.50 bits per heavy atom. The number of rotatable bonds is 5. The molecule has 0 aromatic rings. The third-order valence-corrected chi connectivity index (χ3v) is 4.04. The first-order chi connectivity index (χ1) is 6.73. The maximum Gasteiger partial charge on any atom is 0.376 e. The van der Waals surface area contributed by atoms with Crippen LogP contribution in [0.3, 0.4) is 0 Å². The lowest BCUT2D eigenvalue weighted by Gasteiger charge is -2.23. The van der Waals surface area contributed by atoms with Crippen LogP contribution in [-0.2, 0) is 13.6 Å². The number of allylic oxidation sites excluding steroid dienone is 1. The second kappa shape index (κ2) is 5.54. The van der Waals surface area contributed by atoms with Crippen molar-refractivity contribution < 1.29 is 13.6 Å². The number of nitrogens with one attached hydrogen (secondary N) is 1. The van der Waals surface area contributed by atoms with Crippen molar-refractivity contribution in [2.24, 2.45) is 0 Å². The van der Waals surface area contributed by atoms with E-state index in [1.165, 1.54) is 0 Å². The smallest absolute Gasteiger partial charge is 0.376 e. The minimum Gasteiger partial charge on any atom is -0.379 e. The minimum atomic E-state index is -3.04. The van der Waals surface area contributed by atoms with E-state index >= 15 is 0 Å². The minimum absolute atomic E-state index is 0.399. The normalized spacial score (nSPS) is 17.4. The lowest BCUT2D eigenvalue weighted by atomic mass is 10.2. The van der Waals surface area contributed by atoms with Crippen molar-refractivity contribution in [1.82, 2.24) is 5.32 Å². The van der Waals surface area contributed by atoms with E-state index in [1.807, 2.05) is 19.9 Å². The van der Waals surface area contributed by atoms with Crippen molar-refractivity contribution in [3.8, 4) is 0 Å². The Bertz CT molecular complexity index is 242. The molecule has 0 aromatic heterocycles. The zero-order valence-corrected chi connectivity index (χ0v) is 9.68. The van der Waals surface area contributed by atoms with E-state index < -0.39 is 7.60 Å². The molecule has 0 amide bonds. The Morgan fingerprint density at radius 1 is 1.43 bits per heavy atom. The van der Waals surface area contributed by atoms with E-state index in [0.29, 0.717) is 18.7 Å². The van der Waals surface area contributed by atoms with Gasteiger partial charge in [-0.2, -0.15) is 0 Å². The molecular weight excluding hydrogens is 201 g/mol. The van der Waals surface area contributed by atoms with Crippen LogP contribution < -0.4 is 5.32 Å². The van der Waals surface area contributed by atoms with E-state index in [0.717, 1.165) is 19.4 Å². The first kappa shape index (κ1) is 11.8. The van der Waals surface area contributed by atoms with Crippen molar-refractivity contribution in [1.29, 1.82) is 0 Å². The summed E-state index contributed by atoms with van der Waals surface area (Å²) < 4.78 is 22.6. The summed E-state index contributed by atoms with van der Waals surface area (Å²) >= 11 is 0. The fraction of sp³-hybridized carbons (Fsp3) is 0.778. The van der Waals surface area contributed by atoms with Gasteiger partial charge in [0.05, 0.1) is 13.2 Å². The number of hydrogen-bond acceptors (Lipinski definition) is 4. The van der Waals surface area contributed by atoms with E-state index in [2.05, 4.69) is 5.32 Å². The van der Waals surface area contributed by atoms with Crippen LogP contribution in [-0.4, -0.2) is 19.8 Å². The molecule has 0 saturated carbocycles. The van der Waals surface area contributed by atoms with Crippen LogP contribution in [0.4, 0.5) is 0 Å². The van der Waals surface area contributed by atoms with Crippen LogP contribution in [0.15, 0.2) is 11.5 Å². The highest BCUT2D eigenvalue weighted by atomic mass is 31.2. The van der Waals surface area contributed by atoms with Gasteiger partial charge in [0.25, 0.3) is 0 Å². The van der Waals surface area contributed by atoms with Crippen LogP contribution in [0.1, 0.15) is 26.7 Å². The molecule has 5 heteroatoms. The topological polar surface area (TPSA) is 47.6 Å². The molecule has 0 aliphatic carbocycles. The van der Waals surface area contributed by atoms with Crippen LogP contribution in [0, 0.1) is 0 Å². The summed E-state index contributed by atoms with van der Waals surface area (Å²) in [5.41, 5.74) is 0.632. The standard InChI is InChI=1S/C9H18NO3P/c1-3-12-14(11,13-4-2)9-7-5-6-8-10-9/h7,10H,3-6,8H2,1-2H3. The summed E-state index contributed by atoms with van der Waals surface area (Å²) in [6, 6.07) is 0. The fourth-order valence-electron chi connectivity index (χ4n) is 1.35. The van der Waals surface area contributed by atoms with Gasteiger partial charge in [0.15, 0.2) is 0 Å². The number of hydrogen-bond donors (Lipinski definition) is 1. The van der Waals surface area contributed by atoms with E-state index in [9.17, 15) is 4.57 Å². The molecule has 0 atom stereocenters. The summed E-state index contributed by atoms with van der Waals surface area (Å²) in [6.45, 7) is 5.27. The maximum atomic E-state index is 12.2. The molecule has 0 aromatic carbocycles. The zero-order valence-electron chi connectivity index (χ0n) is 8.78. The maximum absolute atomic E-state index is 12.2. The van der Waals surface area contributed by atoms with Gasteiger partial charge in [-0.3, -0.25) is 4.57 Å². The molecule has 82 valence electrons. The van der Waals surface area contributed by atoms with Gasteiger partial charge in [0, 0.05) is 6.54 Å². The van der Waals surface area contributed by atoms with Gasteiger partial charge in [-0.05, 0) is 26.7 Å². The van der Waals surface area contributed by atoms with E-state index in [1.54, 1.807) is 0 Å². The van der Waals surface area contributed by atoms with E-state index in [4.69, 9.17) is 9.05 Å². The first-order valence-corrected chi connectivity index (χ1v) is 6.61. The van der Waals surface area contributed by atoms with Crippen molar-refractivity contribution in [3.63, 3.8) is 0 Å². The molecule has 4 nitrogen and oxygen atoms in total. The molecule has 0 bridgehead atoms. The van der Waals surface area contributed by atoms with Crippen LogP contribution in [0.2, 0.25) is 0 Å². The molecular formula is C9H18NO3P. The molecule has 1 aliphatic heterocycles. The molecule has 1 aliphatic rings. The predicted octanol–water partition coefficient (Wildman–Crippen LogP) is 2.48. The second-order valence-corrected chi connectivity index (χ2v) is 4.98. The predicted molar refractivity (Wildman–Crippen MR) is 56.2 cm³/mol. The summed E-state index contributed by atoms with van der Waals surface area (Å²) in [5, 5.41) is 3.08. The summed E-state index contributed by atoms with van der Waals surface area (Å²) in [7, 11) is -3.04. The SMILES string of the molecule is CCOP(=O)(OCC)C1=CCCCN1. The summed E-state index contributed by atoms with van der Waals surface area (Å²) in [4.78, 5) is 0. The Kier molecular flexibility index (Phi) is 4.66. The van der Waals surface area contributed by atoms with Gasteiger partial charge >= 0.3 is 7.60 Å². The van der Waals surface area contributed by atoms with Gasteiger partial charge in [-0.25, -0.2) is 0 Å². The Balaban J connectivity index is 2.74. The van der Waals surface area contributed by atoms with Crippen molar-refractivity contribution >= 4 is 7.60 Å². The molecule has 0 saturated heterocycles. The quantitative estimate of drug-likeness (QED) is 0.721. The zero-order chi connectivity index (χ0) is 10.4. The molecule has 0 spiro atoms. The third-order valence-electron chi connectivity index (χ3n) is 1.92. The van der Waals surface area contributed by atoms with Crippen LogP contribution in [0.5, 0.6) is 0 Å². The first-order valence-electron chi connectivity index (χ1n) is 5.06. The monoisotopic (exact) mass is 219 g/mol. The average Bonchev–Trinajstić information content (AvgIpc) is 2.20. The highest BCUT2D eigenvalue weighted by molar-refractivity contribution is 7.58. The van der Waals surface area contributed by atoms with Gasteiger partial charge in [0.1, 0.15) is 5.44 Å². The molecule has 1 N–H and O–H groups in total. The fourth-order valence-corrected chi connectivity index (χ4v) is 3.05. The van der Waals surface area contributed by atoms with Crippen LogP contribution in [0.25, 0.3) is 0 Å². The molecule has 1 rings (SSSR count). The molecule has 1 heterocycles. The Labute approximate surface area is 85.2 Å². The molecule has 14 heavy (non-hydrogen) atoms. The Morgan fingerprint density at radius 2 is 2.07 bits per heavy atom. The van der Waals surface area contributed by atoms with Crippen LogP contribution >= 0.6 is 7.60 Å². The second-order valence-electron chi connectivity index (χ2n) is 2.99. The lowest BCUT2D eigenvalue weighted by molar-refractivity contribution is 0.224. The van der Waals surface area contributed by atoms with Crippen molar-refractivity contribution in [2.45, 2.75) is 26.7 Å². The highest BCUT2D eigenvalue weighted by Crippen LogP contribution is 2.55. The molecule has 0 fully saturated rings. The molecule has 0 radical (unpaired) electrons. The third kappa shape index (κ3) is 2.84. The van der Waals surface area contributed by atoms with Gasteiger partial charge in [0.2, 0.25) is 0 Å². The lowest BCUT2D eigenvalue weighted by Crippen LogP contribution is -2.20. The van der Waals surface area contributed by atoms with Gasteiger partial charge < -0.3 is 14.4 Å².